The highest BCUT2D eigenvalue weighted by Crippen LogP contribution is 2.42. The molecule has 1 N–H and O–H groups in total. The van der Waals surface area contributed by atoms with Gasteiger partial charge in [0.25, 0.3) is 0 Å². The lowest BCUT2D eigenvalue weighted by molar-refractivity contribution is 0.0117. The normalized spacial score (nSPS) is 28.2. The second-order valence-corrected chi connectivity index (χ2v) is 6.56. The van der Waals surface area contributed by atoms with Crippen LogP contribution in [0.5, 0.6) is 0 Å². The van der Waals surface area contributed by atoms with E-state index in [1.165, 1.54) is 12.1 Å². The standard InChI is InChI=1S/C12H14F2O3S/c1-7-10(6-11(7)15)8-2-4-9(5-3-8)18(16,17)12(13)14/h2-5,7,10-12,15H,6H2,1H3. The third-order valence-electron chi connectivity index (χ3n) is 3.61. The molecule has 0 radical (unpaired) electrons. The molecule has 1 aliphatic rings. The maximum atomic E-state index is 12.3. The molecular formula is C12H14F2O3S. The molecule has 1 aromatic carbocycles. The number of alkyl halides is 2. The number of hydrogen-bond acceptors (Lipinski definition) is 3. The van der Waals surface area contributed by atoms with Crippen molar-refractivity contribution in [3.8, 4) is 0 Å². The molecule has 18 heavy (non-hydrogen) atoms. The van der Waals surface area contributed by atoms with E-state index >= 15 is 0 Å². The van der Waals surface area contributed by atoms with E-state index in [0.717, 1.165) is 5.56 Å². The fourth-order valence-electron chi connectivity index (χ4n) is 2.21. The SMILES string of the molecule is CC1C(O)CC1c1ccc(S(=O)(=O)C(F)F)cc1. The molecule has 0 heterocycles. The fraction of sp³-hybridized carbons (Fsp3) is 0.500. The smallest absolute Gasteiger partial charge is 0.341 e. The van der Waals surface area contributed by atoms with E-state index < -0.39 is 15.6 Å². The van der Waals surface area contributed by atoms with Gasteiger partial charge < -0.3 is 5.11 Å². The molecule has 0 saturated heterocycles. The summed E-state index contributed by atoms with van der Waals surface area (Å²) in [5.41, 5.74) is 0.876. The number of aliphatic hydroxyl groups is 1. The zero-order valence-electron chi connectivity index (χ0n) is 9.75. The fourth-order valence-corrected chi connectivity index (χ4v) is 2.93. The van der Waals surface area contributed by atoms with Crippen molar-refractivity contribution in [3.63, 3.8) is 0 Å². The molecule has 0 amide bonds. The first kappa shape index (κ1) is 13.4. The molecule has 1 fully saturated rings. The first-order valence-electron chi connectivity index (χ1n) is 5.64. The van der Waals surface area contributed by atoms with Gasteiger partial charge >= 0.3 is 5.76 Å². The Morgan fingerprint density at radius 3 is 2.22 bits per heavy atom. The van der Waals surface area contributed by atoms with Crippen molar-refractivity contribution in [2.45, 2.75) is 36.0 Å². The lowest BCUT2D eigenvalue weighted by Crippen LogP contribution is -2.37. The van der Waals surface area contributed by atoms with Gasteiger partial charge in [0.05, 0.1) is 11.0 Å². The zero-order valence-corrected chi connectivity index (χ0v) is 10.6. The third kappa shape index (κ3) is 2.14. The average Bonchev–Trinajstić information content (AvgIpc) is 2.35. The van der Waals surface area contributed by atoms with Crippen LogP contribution in [-0.4, -0.2) is 25.4 Å². The van der Waals surface area contributed by atoms with Crippen LogP contribution in [0.1, 0.15) is 24.8 Å². The van der Waals surface area contributed by atoms with Crippen LogP contribution in [-0.2, 0) is 9.84 Å². The Hall–Kier alpha value is -1.01. The van der Waals surface area contributed by atoms with Crippen LogP contribution in [0.2, 0.25) is 0 Å². The number of aliphatic hydroxyl groups excluding tert-OH is 1. The third-order valence-corrected chi connectivity index (χ3v) is 5.01. The molecule has 1 saturated carbocycles. The van der Waals surface area contributed by atoms with Gasteiger partial charge in [0.15, 0.2) is 0 Å². The molecule has 3 unspecified atom stereocenters. The van der Waals surface area contributed by atoms with Gasteiger partial charge in [-0.25, -0.2) is 8.42 Å². The van der Waals surface area contributed by atoms with Crippen molar-refractivity contribution in [1.29, 1.82) is 0 Å². The minimum Gasteiger partial charge on any atom is -0.393 e. The van der Waals surface area contributed by atoms with Crippen LogP contribution >= 0.6 is 0 Å². The van der Waals surface area contributed by atoms with Crippen molar-refractivity contribution in [3.05, 3.63) is 29.8 Å². The Labute approximate surface area is 104 Å². The van der Waals surface area contributed by atoms with Gasteiger partial charge in [-0.15, -0.1) is 0 Å². The molecule has 2 rings (SSSR count). The van der Waals surface area contributed by atoms with Crippen LogP contribution < -0.4 is 0 Å². The molecule has 100 valence electrons. The summed E-state index contributed by atoms with van der Waals surface area (Å²) >= 11 is 0. The lowest BCUT2D eigenvalue weighted by Gasteiger charge is -2.39. The van der Waals surface area contributed by atoms with Crippen LogP contribution in [0.25, 0.3) is 0 Å². The Balaban J connectivity index is 2.22. The van der Waals surface area contributed by atoms with Gasteiger partial charge in [0.1, 0.15) is 0 Å². The van der Waals surface area contributed by atoms with E-state index in [1.807, 2.05) is 6.92 Å². The highest BCUT2D eigenvalue weighted by atomic mass is 32.2. The number of sulfone groups is 1. The summed E-state index contributed by atoms with van der Waals surface area (Å²) in [6, 6.07) is 5.49. The monoisotopic (exact) mass is 276 g/mol. The largest absolute Gasteiger partial charge is 0.393 e. The van der Waals surface area contributed by atoms with E-state index in [9.17, 15) is 22.3 Å². The molecule has 0 aliphatic heterocycles. The highest BCUT2D eigenvalue weighted by molar-refractivity contribution is 7.91. The predicted octanol–water partition coefficient (Wildman–Crippen LogP) is 2.17. The van der Waals surface area contributed by atoms with Gasteiger partial charge in [-0.2, -0.15) is 8.78 Å². The average molecular weight is 276 g/mol. The van der Waals surface area contributed by atoms with E-state index in [4.69, 9.17) is 0 Å². The summed E-state index contributed by atoms with van der Waals surface area (Å²) in [4.78, 5) is -0.367. The van der Waals surface area contributed by atoms with Crippen molar-refractivity contribution < 1.29 is 22.3 Å². The molecular weight excluding hydrogens is 262 g/mol. The van der Waals surface area contributed by atoms with Crippen LogP contribution in [0.4, 0.5) is 8.78 Å². The van der Waals surface area contributed by atoms with Gasteiger partial charge in [-0.1, -0.05) is 19.1 Å². The summed E-state index contributed by atoms with van der Waals surface area (Å²) in [6.45, 7) is 1.91. The van der Waals surface area contributed by atoms with Crippen molar-refractivity contribution in [2.75, 3.05) is 0 Å². The van der Waals surface area contributed by atoms with Gasteiger partial charge in [0, 0.05) is 0 Å². The number of rotatable bonds is 3. The summed E-state index contributed by atoms with van der Waals surface area (Å²) < 4.78 is 47.1. The van der Waals surface area contributed by atoms with Crippen molar-refractivity contribution >= 4 is 9.84 Å². The molecule has 0 bridgehead atoms. The number of hydrogen-bond donors (Lipinski definition) is 1. The Kier molecular flexibility index (Phi) is 3.42. The summed E-state index contributed by atoms with van der Waals surface area (Å²) in [5, 5.41) is 9.41. The molecule has 0 aromatic heterocycles. The number of halogens is 2. The molecule has 6 heteroatoms. The molecule has 1 aliphatic carbocycles. The topological polar surface area (TPSA) is 54.4 Å². The van der Waals surface area contributed by atoms with E-state index in [1.54, 1.807) is 12.1 Å². The second-order valence-electron chi connectivity index (χ2n) is 4.64. The predicted molar refractivity (Wildman–Crippen MR) is 62.2 cm³/mol. The molecule has 3 atom stereocenters. The lowest BCUT2D eigenvalue weighted by atomic mass is 9.69. The summed E-state index contributed by atoms with van der Waals surface area (Å²) in [6.07, 6.45) is 0.293. The van der Waals surface area contributed by atoms with Crippen molar-refractivity contribution in [2.24, 2.45) is 5.92 Å². The zero-order chi connectivity index (χ0) is 13.5. The summed E-state index contributed by atoms with van der Waals surface area (Å²) in [7, 11) is -4.52. The van der Waals surface area contributed by atoms with Crippen LogP contribution in [0.3, 0.4) is 0 Å². The van der Waals surface area contributed by atoms with Gasteiger partial charge in [-0.05, 0) is 36.0 Å². The van der Waals surface area contributed by atoms with Gasteiger partial charge in [-0.3, -0.25) is 0 Å². The maximum Gasteiger partial charge on any atom is 0.341 e. The quantitative estimate of drug-likeness (QED) is 0.920. The molecule has 3 nitrogen and oxygen atoms in total. The van der Waals surface area contributed by atoms with Crippen LogP contribution in [0.15, 0.2) is 29.2 Å². The Bertz CT molecular complexity index is 525. The van der Waals surface area contributed by atoms with E-state index in [0.29, 0.717) is 6.42 Å². The Morgan fingerprint density at radius 2 is 1.83 bits per heavy atom. The molecule has 0 spiro atoms. The van der Waals surface area contributed by atoms with E-state index in [2.05, 4.69) is 0 Å². The van der Waals surface area contributed by atoms with Gasteiger partial charge in [0.2, 0.25) is 9.84 Å². The second kappa shape index (κ2) is 4.59. The van der Waals surface area contributed by atoms with E-state index in [-0.39, 0.29) is 22.8 Å². The minimum atomic E-state index is -4.52. The highest BCUT2D eigenvalue weighted by Gasteiger charge is 2.37. The summed E-state index contributed by atoms with van der Waals surface area (Å²) in [5.74, 6) is -3.11. The Morgan fingerprint density at radius 1 is 1.28 bits per heavy atom. The number of benzene rings is 1. The van der Waals surface area contributed by atoms with Crippen molar-refractivity contribution in [1.82, 2.24) is 0 Å². The van der Waals surface area contributed by atoms with Crippen LogP contribution in [0, 0.1) is 5.92 Å². The maximum absolute atomic E-state index is 12.3. The molecule has 1 aromatic rings. The first-order chi connectivity index (χ1) is 8.34. The minimum absolute atomic E-state index is 0.113. The first-order valence-corrected chi connectivity index (χ1v) is 7.18.